The molecule has 2 N–H and O–H groups in total. The Bertz CT molecular complexity index is 604. The molecule has 0 radical (unpaired) electrons. The smallest absolute Gasteiger partial charge is 0.191 e. The Labute approximate surface area is 187 Å². The van der Waals surface area contributed by atoms with E-state index in [9.17, 15) is 0 Å². The minimum absolute atomic E-state index is 0. The summed E-state index contributed by atoms with van der Waals surface area (Å²) in [5, 5.41) is 6.80. The molecule has 6 heteroatoms. The lowest BCUT2D eigenvalue weighted by Gasteiger charge is -2.33. The van der Waals surface area contributed by atoms with Crippen molar-refractivity contribution in [1.82, 2.24) is 15.5 Å². The van der Waals surface area contributed by atoms with Crippen molar-refractivity contribution in [1.29, 1.82) is 0 Å². The maximum atomic E-state index is 5.71. The van der Waals surface area contributed by atoms with Crippen LogP contribution in [0.2, 0.25) is 0 Å². The molecule has 158 valence electrons. The number of likely N-dealkylation sites (tertiary alicyclic amines) is 1. The maximum Gasteiger partial charge on any atom is 0.191 e. The summed E-state index contributed by atoms with van der Waals surface area (Å²) in [5.74, 6) is 0.883. The molecule has 2 unspecified atom stereocenters. The van der Waals surface area contributed by atoms with Crippen LogP contribution in [-0.2, 0) is 17.8 Å². The fourth-order valence-corrected chi connectivity index (χ4v) is 4.00. The van der Waals surface area contributed by atoms with Gasteiger partial charge in [0.1, 0.15) is 0 Å². The number of hydrogen-bond donors (Lipinski definition) is 2. The van der Waals surface area contributed by atoms with Crippen LogP contribution in [0, 0.1) is 0 Å². The van der Waals surface area contributed by atoms with E-state index >= 15 is 0 Å². The highest BCUT2D eigenvalue weighted by atomic mass is 127. The van der Waals surface area contributed by atoms with Crippen molar-refractivity contribution in [3.63, 3.8) is 0 Å². The first-order valence-corrected chi connectivity index (χ1v) is 10.7. The van der Waals surface area contributed by atoms with E-state index in [1.807, 2.05) is 0 Å². The molecule has 0 spiro atoms. The number of nitrogens with one attached hydrogen (secondary N) is 2. The molecular weight excluding hydrogens is 463 g/mol. The van der Waals surface area contributed by atoms with Gasteiger partial charge in [0, 0.05) is 32.3 Å². The van der Waals surface area contributed by atoms with Crippen molar-refractivity contribution in [3.8, 4) is 0 Å². The lowest BCUT2D eigenvalue weighted by Crippen LogP contribution is -2.41. The van der Waals surface area contributed by atoms with Crippen LogP contribution in [0.3, 0.4) is 0 Å². The van der Waals surface area contributed by atoms with E-state index in [1.165, 1.54) is 43.4 Å². The van der Waals surface area contributed by atoms with Crippen LogP contribution in [0.5, 0.6) is 0 Å². The summed E-state index contributed by atoms with van der Waals surface area (Å²) < 4.78 is 5.71. The fraction of sp³-hybridized carbons (Fsp3) is 0.682. The molecule has 0 amide bonds. The van der Waals surface area contributed by atoms with E-state index in [-0.39, 0.29) is 24.0 Å². The number of guanidine groups is 1. The van der Waals surface area contributed by atoms with Gasteiger partial charge in [-0.05, 0) is 57.2 Å². The van der Waals surface area contributed by atoms with Crippen molar-refractivity contribution in [2.75, 3.05) is 26.2 Å². The van der Waals surface area contributed by atoms with Gasteiger partial charge in [0.2, 0.25) is 0 Å². The van der Waals surface area contributed by atoms with Gasteiger partial charge < -0.3 is 15.4 Å². The predicted octanol–water partition coefficient (Wildman–Crippen LogP) is 3.91. The van der Waals surface area contributed by atoms with Crippen molar-refractivity contribution >= 4 is 29.9 Å². The minimum Gasteiger partial charge on any atom is -0.376 e. The zero-order chi connectivity index (χ0) is 18.9. The first kappa shape index (κ1) is 23.4. The summed E-state index contributed by atoms with van der Waals surface area (Å²) in [6.45, 7) is 10.0. The molecule has 2 saturated heterocycles. The van der Waals surface area contributed by atoms with Gasteiger partial charge in [-0.3, -0.25) is 4.90 Å². The second kappa shape index (κ2) is 12.6. The first-order chi connectivity index (χ1) is 13.3. The predicted molar refractivity (Wildman–Crippen MR) is 127 cm³/mol. The summed E-state index contributed by atoms with van der Waals surface area (Å²) in [6.07, 6.45) is 6.64. The number of piperidine rings is 1. The molecule has 0 saturated carbocycles. The van der Waals surface area contributed by atoms with Crippen LogP contribution in [0.25, 0.3) is 0 Å². The number of benzene rings is 1. The molecule has 2 atom stereocenters. The Balaban J connectivity index is 0.00000280. The molecule has 2 fully saturated rings. The van der Waals surface area contributed by atoms with Gasteiger partial charge in [-0.1, -0.05) is 30.7 Å². The van der Waals surface area contributed by atoms with Crippen molar-refractivity contribution in [2.24, 2.45) is 4.99 Å². The third-order valence-electron chi connectivity index (χ3n) is 5.71. The number of aliphatic imine (C=N–C) groups is 1. The van der Waals surface area contributed by atoms with E-state index in [4.69, 9.17) is 9.73 Å². The molecule has 0 aromatic heterocycles. The third-order valence-corrected chi connectivity index (χ3v) is 5.71. The number of ether oxygens (including phenoxy) is 1. The monoisotopic (exact) mass is 500 g/mol. The Morgan fingerprint density at radius 1 is 1.14 bits per heavy atom. The molecule has 0 bridgehead atoms. The quantitative estimate of drug-likeness (QED) is 0.339. The standard InChI is InChI=1S/C22H36N4O.HI/c1-3-23-22(25-16-21-12-8-14-27-21)24-15-19-10-4-5-11-20(19)17-26-13-7-6-9-18(26)2;/h4-5,10-11,18,21H,3,6-9,12-17H2,1-2H3,(H2,23,24,25);1H. The van der Waals surface area contributed by atoms with E-state index in [1.54, 1.807) is 0 Å². The minimum atomic E-state index is 0. The van der Waals surface area contributed by atoms with Gasteiger partial charge in [-0.15, -0.1) is 24.0 Å². The van der Waals surface area contributed by atoms with Gasteiger partial charge in [-0.2, -0.15) is 0 Å². The average Bonchev–Trinajstić information content (AvgIpc) is 3.20. The maximum absolute atomic E-state index is 5.71. The number of rotatable bonds is 7. The summed E-state index contributed by atoms with van der Waals surface area (Å²) in [4.78, 5) is 7.46. The van der Waals surface area contributed by atoms with Gasteiger partial charge in [0.15, 0.2) is 5.96 Å². The van der Waals surface area contributed by atoms with Gasteiger partial charge in [0.25, 0.3) is 0 Å². The second-order valence-corrected chi connectivity index (χ2v) is 7.80. The van der Waals surface area contributed by atoms with Crippen LogP contribution in [0.15, 0.2) is 29.3 Å². The highest BCUT2D eigenvalue weighted by Crippen LogP contribution is 2.21. The molecule has 1 aromatic carbocycles. The second-order valence-electron chi connectivity index (χ2n) is 7.80. The Kier molecular flexibility index (Phi) is 10.6. The van der Waals surface area contributed by atoms with Gasteiger partial charge in [0.05, 0.1) is 12.6 Å². The SMILES string of the molecule is CCNC(=NCc1ccccc1CN1CCCCC1C)NCC1CCCO1.I. The Morgan fingerprint density at radius 3 is 2.68 bits per heavy atom. The molecule has 5 nitrogen and oxygen atoms in total. The summed E-state index contributed by atoms with van der Waals surface area (Å²) in [7, 11) is 0. The van der Waals surface area contributed by atoms with Crippen LogP contribution in [0.4, 0.5) is 0 Å². The molecule has 28 heavy (non-hydrogen) atoms. The number of hydrogen-bond acceptors (Lipinski definition) is 3. The van der Waals surface area contributed by atoms with E-state index in [2.05, 4.69) is 53.6 Å². The molecule has 3 rings (SSSR count). The third kappa shape index (κ3) is 7.19. The number of nitrogens with zero attached hydrogens (tertiary/aromatic N) is 2. The molecule has 1 aromatic rings. The molecule has 2 aliphatic rings. The van der Waals surface area contributed by atoms with Crippen LogP contribution < -0.4 is 10.6 Å². The summed E-state index contributed by atoms with van der Waals surface area (Å²) >= 11 is 0. The number of halogens is 1. The zero-order valence-corrected chi connectivity index (χ0v) is 19.8. The highest BCUT2D eigenvalue weighted by molar-refractivity contribution is 14.0. The van der Waals surface area contributed by atoms with Crippen LogP contribution >= 0.6 is 24.0 Å². The Hall–Kier alpha value is -0.860. The largest absolute Gasteiger partial charge is 0.376 e. The summed E-state index contributed by atoms with van der Waals surface area (Å²) in [6, 6.07) is 9.44. The lowest BCUT2D eigenvalue weighted by molar-refractivity contribution is 0.114. The van der Waals surface area contributed by atoms with Gasteiger partial charge in [-0.25, -0.2) is 4.99 Å². The first-order valence-electron chi connectivity index (χ1n) is 10.7. The topological polar surface area (TPSA) is 48.9 Å². The van der Waals surface area contributed by atoms with Crippen molar-refractivity contribution in [3.05, 3.63) is 35.4 Å². The molecule has 2 aliphatic heterocycles. The molecule has 0 aliphatic carbocycles. The van der Waals surface area contributed by atoms with E-state index < -0.39 is 0 Å². The average molecular weight is 500 g/mol. The van der Waals surface area contributed by atoms with Crippen LogP contribution in [-0.4, -0.2) is 49.2 Å². The normalized spacial score (nSPS) is 23.3. The Morgan fingerprint density at radius 2 is 1.96 bits per heavy atom. The zero-order valence-electron chi connectivity index (χ0n) is 17.5. The summed E-state index contributed by atoms with van der Waals surface area (Å²) in [5.41, 5.74) is 2.73. The fourth-order valence-electron chi connectivity index (χ4n) is 4.00. The van der Waals surface area contributed by atoms with Crippen molar-refractivity contribution in [2.45, 2.75) is 71.2 Å². The van der Waals surface area contributed by atoms with E-state index in [0.29, 0.717) is 18.7 Å². The molecular formula is C22H37IN4O. The van der Waals surface area contributed by atoms with Crippen LogP contribution in [0.1, 0.15) is 57.1 Å². The molecule has 2 heterocycles. The lowest BCUT2D eigenvalue weighted by atomic mass is 10.0. The van der Waals surface area contributed by atoms with E-state index in [0.717, 1.165) is 38.6 Å². The van der Waals surface area contributed by atoms with Gasteiger partial charge >= 0.3 is 0 Å². The van der Waals surface area contributed by atoms with Crippen molar-refractivity contribution < 1.29 is 4.74 Å². The highest BCUT2D eigenvalue weighted by Gasteiger charge is 2.19.